The normalized spacial score (nSPS) is 9.95. The zero-order valence-electron chi connectivity index (χ0n) is 10.2. The van der Waals surface area contributed by atoms with E-state index >= 15 is 0 Å². The molecule has 0 radical (unpaired) electrons. The maximum Gasteiger partial charge on any atom is 0.329 e. The smallest absolute Gasteiger partial charge is 0.329 e. The monoisotopic (exact) mass is 287 g/mol. The van der Waals surface area contributed by atoms with Crippen molar-refractivity contribution >= 4 is 29.2 Å². The number of aliphatic carboxylic acids is 1. The van der Waals surface area contributed by atoms with Crippen molar-refractivity contribution in [2.45, 2.75) is 6.54 Å². The van der Waals surface area contributed by atoms with E-state index < -0.39 is 31.1 Å². The number of carbonyl (C=O) groups excluding carboxylic acids is 2. The summed E-state index contributed by atoms with van der Waals surface area (Å²) >= 11 is 1.41. The fourth-order valence-corrected chi connectivity index (χ4v) is 1.66. The Kier molecular flexibility index (Phi) is 5.90. The average Bonchev–Trinajstić information content (AvgIpc) is 2.81. The van der Waals surface area contributed by atoms with Crippen LogP contribution < -0.4 is 5.32 Å². The van der Waals surface area contributed by atoms with E-state index in [0.717, 1.165) is 5.69 Å². The number of imide groups is 1. The third kappa shape index (κ3) is 5.93. The molecule has 104 valence electrons. The van der Waals surface area contributed by atoms with Crippen molar-refractivity contribution in [1.29, 1.82) is 0 Å². The molecule has 1 rings (SSSR count). The van der Waals surface area contributed by atoms with E-state index in [-0.39, 0.29) is 6.54 Å². The van der Waals surface area contributed by atoms with Gasteiger partial charge in [0, 0.05) is 12.4 Å². The molecule has 0 unspecified atom stereocenters. The minimum absolute atomic E-state index is 0.276. The standard InChI is InChI=1S/C10H13N3O5S/c1-13(2-7-5-19-6-11-7)10(17)12-8(14)3-18-4-9(15)16/h5-6H,2-4H2,1H3,(H,15,16)(H,12,14,17). The van der Waals surface area contributed by atoms with Gasteiger partial charge in [-0.25, -0.2) is 14.6 Å². The second-order valence-electron chi connectivity index (χ2n) is 3.58. The van der Waals surface area contributed by atoms with Crippen LogP contribution in [0.2, 0.25) is 0 Å². The molecule has 1 aromatic heterocycles. The Morgan fingerprint density at radius 1 is 1.47 bits per heavy atom. The molecular weight excluding hydrogens is 274 g/mol. The number of carboxylic acids is 1. The van der Waals surface area contributed by atoms with Crippen molar-refractivity contribution in [3.63, 3.8) is 0 Å². The molecule has 0 aromatic carbocycles. The second kappa shape index (κ2) is 7.44. The van der Waals surface area contributed by atoms with Gasteiger partial charge in [0.05, 0.1) is 17.7 Å². The fraction of sp³-hybridized carbons (Fsp3) is 0.400. The van der Waals surface area contributed by atoms with Crippen LogP contribution in [0, 0.1) is 0 Å². The molecule has 1 aromatic rings. The largest absolute Gasteiger partial charge is 0.480 e. The van der Waals surface area contributed by atoms with Gasteiger partial charge in [-0.1, -0.05) is 0 Å². The summed E-state index contributed by atoms with van der Waals surface area (Å²) in [6, 6.07) is -0.600. The molecule has 0 aliphatic rings. The second-order valence-corrected chi connectivity index (χ2v) is 4.29. The summed E-state index contributed by atoms with van der Waals surface area (Å²) in [6.07, 6.45) is 0. The number of urea groups is 1. The van der Waals surface area contributed by atoms with Crippen molar-refractivity contribution in [2.24, 2.45) is 0 Å². The van der Waals surface area contributed by atoms with Crippen LogP contribution in [0.15, 0.2) is 10.9 Å². The van der Waals surface area contributed by atoms with Crippen LogP contribution in [0.5, 0.6) is 0 Å². The Balaban J connectivity index is 2.29. The predicted molar refractivity (Wildman–Crippen MR) is 65.6 cm³/mol. The first-order valence-corrected chi connectivity index (χ1v) is 6.15. The first kappa shape index (κ1) is 15.1. The maximum absolute atomic E-state index is 11.6. The van der Waals surface area contributed by atoms with Crippen molar-refractivity contribution in [1.82, 2.24) is 15.2 Å². The number of nitrogens with zero attached hydrogens (tertiary/aromatic N) is 2. The Bertz CT molecular complexity index is 448. The average molecular weight is 287 g/mol. The lowest BCUT2D eigenvalue weighted by Crippen LogP contribution is -2.42. The van der Waals surface area contributed by atoms with Crippen LogP contribution in [0.1, 0.15) is 5.69 Å². The number of rotatable bonds is 6. The lowest BCUT2D eigenvalue weighted by molar-refractivity contribution is -0.143. The van der Waals surface area contributed by atoms with Gasteiger partial charge < -0.3 is 14.7 Å². The third-order valence-electron chi connectivity index (χ3n) is 1.93. The summed E-state index contributed by atoms with van der Waals surface area (Å²) in [5.41, 5.74) is 2.36. The van der Waals surface area contributed by atoms with Gasteiger partial charge in [-0.15, -0.1) is 11.3 Å². The summed E-state index contributed by atoms with van der Waals surface area (Å²) in [7, 11) is 1.51. The lowest BCUT2D eigenvalue weighted by Gasteiger charge is -2.15. The summed E-state index contributed by atoms with van der Waals surface area (Å²) < 4.78 is 4.55. The summed E-state index contributed by atoms with van der Waals surface area (Å²) in [6.45, 7) is -0.794. The molecule has 3 amide bonds. The number of hydrogen-bond donors (Lipinski definition) is 2. The molecule has 0 fully saturated rings. The summed E-state index contributed by atoms with van der Waals surface area (Å²) in [5, 5.41) is 12.2. The SMILES string of the molecule is CN(Cc1cscn1)C(=O)NC(=O)COCC(=O)O. The Morgan fingerprint density at radius 2 is 2.21 bits per heavy atom. The molecular formula is C10H13N3O5S. The van der Waals surface area contributed by atoms with E-state index in [4.69, 9.17) is 5.11 Å². The Hall–Kier alpha value is -2.00. The van der Waals surface area contributed by atoms with E-state index in [9.17, 15) is 14.4 Å². The molecule has 0 aliphatic heterocycles. The number of carbonyl (C=O) groups is 3. The molecule has 0 atom stereocenters. The first-order valence-electron chi connectivity index (χ1n) is 5.20. The molecule has 9 heteroatoms. The number of thiazole rings is 1. The molecule has 0 saturated heterocycles. The van der Waals surface area contributed by atoms with Gasteiger partial charge in [-0.2, -0.15) is 0 Å². The molecule has 0 spiro atoms. The van der Waals surface area contributed by atoms with E-state index in [1.54, 1.807) is 10.9 Å². The van der Waals surface area contributed by atoms with Gasteiger partial charge in [0.25, 0.3) is 5.91 Å². The molecule has 0 aliphatic carbocycles. The Morgan fingerprint density at radius 3 is 2.79 bits per heavy atom. The fourth-order valence-electron chi connectivity index (χ4n) is 1.11. The third-order valence-corrected chi connectivity index (χ3v) is 2.57. The van der Waals surface area contributed by atoms with Crippen LogP contribution in [0.25, 0.3) is 0 Å². The zero-order valence-corrected chi connectivity index (χ0v) is 11.0. The first-order chi connectivity index (χ1) is 8.99. The van der Waals surface area contributed by atoms with Crippen LogP contribution in [0.4, 0.5) is 4.79 Å². The number of hydrogen-bond acceptors (Lipinski definition) is 6. The van der Waals surface area contributed by atoms with Gasteiger partial charge in [-0.3, -0.25) is 10.1 Å². The quantitative estimate of drug-likeness (QED) is 0.757. The minimum Gasteiger partial charge on any atom is -0.480 e. The van der Waals surface area contributed by atoms with Gasteiger partial charge in [-0.05, 0) is 0 Å². The number of nitrogens with one attached hydrogen (secondary N) is 1. The van der Waals surface area contributed by atoms with Crippen molar-refractivity contribution < 1.29 is 24.2 Å². The zero-order chi connectivity index (χ0) is 14.3. The molecule has 1 heterocycles. The number of amides is 3. The highest BCUT2D eigenvalue weighted by atomic mass is 32.1. The molecule has 0 saturated carbocycles. The number of ether oxygens (including phenoxy) is 1. The number of carboxylic acid groups (broad SMARTS) is 1. The number of aromatic nitrogens is 1. The van der Waals surface area contributed by atoms with Gasteiger partial charge >= 0.3 is 12.0 Å². The highest BCUT2D eigenvalue weighted by molar-refractivity contribution is 7.07. The van der Waals surface area contributed by atoms with Crippen molar-refractivity contribution in [3.8, 4) is 0 Å². The Labute approximate surface area is 113 Å². The molecule has 19 heavy (non-hydrogen) atoms. The minimum atomic E-state index is -1.18. The molecule has 2 N–H and O–H groups in total. The van der Waals surface area contributed by atoms with E-state index in [1.165, 1.54) is 23.3 Å². The van der Waals surface area contributed by atoms with E-state index in [1.807, 2.05) is 0 Å². The van der Waals surface area contributed by atoms with Crippen LogP contribution in [-0.4, -0.2) is 53.2 Å². The predicted octanol–water partition coefficient (Wildman–Crippen LogP) is -0.0877. The van der Waals surface area contributed by atoms with Crippen LogP contribution in [0.3, 0.4) is 0 Å². The lowest BCUT2D eigenvalue weighted by atomic mass is 10.4. The van der Waals surface area contributed by atoms with E-state index in [2.05, 4.69) is 15.0 Å². The van der Waals surface area contributed by atoms with E-state index in [0.29, 0.717) is 0 Å². The van der Waals surface area contributed by atoms with Crippen molar-refractivity contribution in [3.05, 3.63) is 16.6 Å². The summed E-state index contributed by atoms with van der Waals surface area (Å²) in [4.78, 5) is 38.3. The van der Waals surface area contributed by atoms with Gasteiger partial charge in [0.15, 0.2) is 0 Å². The summed E-state index contributed by atoms with van der Waals surface area (Å²) in [5.74, 6) is -1.88. The maximum atomic E-state index is 11.6. The topological polar surface area (TPSA) is 109 Å². The molecule has 8 nitrogen and oxygen atoms in total. The van der Waals surface area contributed by atoms with Crippen LogP contribution >= 0.6 is 11.3 Å². The highest BCUT2D eigenvalue weighted by Gasteiger charge is 2.13. The molecule has 0 bridgehead atoms. The van der Waals surface area contributed by atoms with Gasteiger partial charge in [0.1, 0.15) is 13.2 Å². The van der Waals surface area contributed by atoms with Crippen LogP contribution in [-0.2, 0) is 20.9 Å². The highest BCUT2D eigenvalue weighted by Crippen LogP contribution is 2.03. The van der Waals surface area contributed by atoms with Gasteiger partial charge in [0.2, 0.25) is 0 Å². The van der Waals surface area contributed by atoms with Crippen molar-refractivity contribution in [2.75, 3.05) is 20.3 Å².